The molecule has 1 fully saturated rings. The zero-order valence-electron chi connectivity index (χ0n) is 9.16. The molecular formula is C12H12O5. The minimum Gasteiger partial charge on any atom is -0.497 e. The minimum atomic E-state index is -1.06. The fraction of sp³-hybridized carbons (Fsp3) is 0.333. The molecule has 1 aliphatic carbocycles. The summed E-state index contributed by atoms with van der Waals surface area (Å²) < 4.78 is 4.99. The van der Waals surface area contributed by atoms with Crippen LogP contribution in [0, 0.1) is 11.8 Å². The lowest BCUT2D eigenvalue weighted by atomic mass is 10.1. The van der Waals surface area contributed by atoms with Gasteiger partial charge < -0.3 is 14.9 Å². The van der Waals surface area contributed by atoms with Gasteiger partial charge in [0.1, 0.15) is 5.75 Å². The van der Waals surface area contributed by atoms with Crippen LogP contribution < -0.4 is 4.74 Å². The maximum Gasteiger partial charge on any atom is 0.308 e. The summed E-state index contributed by atoms with van der Waals surface area (Å²) in [5.41, 5.74) is 0.727. The molecule has 0 spiro atoms. The molecule has 0 unspecified atom stereocenters. The molecule has 0 aliphatic heterocycles. The summed E-state index contributed by atoms with van der Waals surface area (Å²) in [6.07, 6.45) is 0. The summed E-state index contributed by atoms with van der Waals surface area (Å²) in [4.78, 5) is 21.8. The van der Waals surface area contributed by atoms with Crippen LogP contribution in [0.25, 0.3) is 0 Å². The van der Waals surface area contributed by atoms with Crippen LogP contribution in [0.15, 0.2) is 24.3 Å². The van der Waals surface area contributed by atoms with Gasteiger partial charge in [-0.15, -0.1) is 0 Å². The Bertz CT molecular complexity index is 430. The van der Waals surface area contributed by atoms with E-state index in [4.69, 9.17) is 14.9 Å². The van der Waals surface area contributed by atoms with Crippen LogP contribution in [-0.2, 0) is 9.59 Å². The van der Waals surface area contributed by atoms with Crippen molar-refractivity contribution in [1.82, 2.24) is 0 Å². The Labute approximate surface area is 97.6 Å². The highest BCUT2D eigenvalue weighted by Gasteiger charge is 2.60. The lowest BCUT2D eigenvalue weighted by Crippen LogP contribution is -2.05. The van der Waals surface area contributed by atoms with Gasteiger partial charge in [-0.05, 0) is 17.7 Å². The van der Waals surface area contributed by atoms with Crippen LogP contribution in [0.3, 0.4) is 0 Å². The number of aliphatic carboxylic acids is 2. The van der Waals surface area contributed by atoms with Crippen molar-refractivity contribution >= 4 is 11.9 Å². The Hall–Kier alpha value is -2.04. The Kier molecular flexibility index (Phi) is 2.75. The predicted octanol–water partition coefficient (Wildman–Crippen LogP) is 1.19. The molecule has 1 aromatic carbocycles. The van der Waals surface area contributed by atoms with Gasteiger partial charge in [-0.3, -0.25) is 9.59 Å². The molecule has 17 heavy (non-hydrogen) atoms. The first-order valence-corrected chi connectivity index (χ1v) is 5.16. The van der Waals surface area contributed by atoms with Crippen LogP contribution >= 0.6 is 0 Å². The van der Waals surface area contributed by atoms with Crippen molar-refractivity contribution in [3.05, 3.63) is 29.8 Å². The molecule has 2 rings (SSSR count). The van der Waals surface area contributed by atoms with E-state index in [0.29, 0.717) is 5.75 Å². The van der Waals surface area contributed by atoms with Crippen molar-refractivity contribution in [3.63, 3.8) is 0 Å². The summed E-state index contributed by atoms with van der Waals surface area (Å²) in [6.45, 7) is 0. The molecule has 0 saturated heterocycles. The van der Waals surface area contributed by atoms with E-state index in [2.05, 4.69) is 0 Å². The number of hydrogen-bond donors (Lipinski definition) is 2. The van der Waals surface area contributed by atoms with E-state index >= 15 is 0 Å². The van der Waals surface area contributed by atoms with E-state index in [0.717, 1.165) is 5.56 Å². The number of methoxy groups -OCH3 is 1. The van der Waals surface area contributed by atoms with Gasteiger partial charge in [-0.2, -0.15) is 0 Å². The summed E-state index contributed by atoms with van der Waals surface area (Å²) >= 11 is 0. The largest absolute Gasteiger partial charge is 0.497 e. The second kappa shape index (κ2) is 4.08. The van der Waals surface area contributed by atoms with Gasteiger partial charge in [0, 0.05) is 5.92 Å². The average molecular weight is 236 g/mol. The van der Waals surface area contributed by atoms with Gasteiger partial charge in [0.15, 0.2) is 0 Å². The van der Waals surface area contributed by atoms with Gasteiger partial charge in [0.05, 0.1) is 18.9 Å². The highest BCUT2D eigenvalue weighted by molar-refractivity contribution is 5.88. The van der Waals surface area contributed by atoms with Crippen LogP contribution in [0.2, 0.25) is 0 Å². The Morgan fingerprint density at radius 3 is 1.88 bits per heavy atom. The smallest absolute Gasteiger partial charge is 0.308 e. The summed E-state index contributed by atoms with van der Waals surface area (Å²) in [7, 11) is 1.53. The maximum atomic E-state index is 10.9. The normalized spacial score (nSPS) is 26.3. The van der Waals surface area contributed by atoms with Crippen LogP contribution in [0.5, 0.6) is 5.75 Å². The maximum absolute atomic E-state index is 10.9. The first-order valence-electron chi connectivity index (χ1n) is 5.16. The fourth-order valence-electron chi connectivity index (χ4n) is 2.17. The number of ether oxygens (including phenoxy) is 1. The Morgan fingerprint density at radius 1 is 1.06 bits per heavy atom. The quantitative estimate of drug-likeness (QED) is 0.820. The van der Waals surface area contributed by atoms with Crippen molar-refractivity contribution < 1.29 is 24.5 Å². The van der Waals surface area contributed by atoms with Crippen LogP contribution in [-0.4, -0.2) is 29.3 Å². The highest BCUT2D eigenvalue weighted by Crippen LogP contribution is 2.54. The second-order valence-corrected chi connectivity index (χ2v) is 4.03. The summed E-state index contributed by atoms with van der Waals surface area (Å²) in [6, 6.07) is 6.82. The highest BCUT2D eigenvalue weighted by atomic mass is 16.5. The molecule has 0 amide bonds. The zero-order chi connectivity index (χ0) is 12.6. The zero-order valence-corrected chi connectivity index (χ0v) is 9.16. The average Bonchev–Trinajstić information content (AvgIpc) is 3.04. The molecule has 0 aromatic heterocycles. The number of rotatable bonds is 4. The molecular weight excluding hydrogens is 224 g/mol. The standard InChI is InChI=1S/C12H12O5/c1-17-7-4-2-6(3-5-7)8-9(11(13)14)10(8)12(15)16/h2-5,8-10H,1H3,(H,13,14)(H,15,16)/t8-,9-,10+. The summed E-state index contributed by atoms with van der Waals surface area (Å²) in [5.74, 6) is -3.53. The molecule has 1 saturated carbocycles. The van der Waals surface area contributed by atoms with E-state index in [1.807, 2.05) is 0 Å². The number of carboxylic acids is 2. The van der Waals surface area contributed by atoms with E-state index in [1.54, 1.807) is 24.3 Å². The molecule has 90 valence electrons. The van der Waals surface area contributed by atoms with Gasteiger partial charge in [0.25, 0.3) is 0 Å². The van der Waals surface area contributed by atoms with Gasteiger partial charge in [0.2, 0.25) is 0 Å². The molecule has 2 N–H and O–H groups in total. The number of hydrogen-bond acceptors (Lipinski definition) is 3. The SMILES string of the molecule is COc1ccc([C@H]2[C@H](C(=O)O)[C@@H]2C(=O)O)cc1. The third-order valence-corrected chi connectivity index (χ3v) is 3.09. The van der Waals surface area contributed by atoms with Gasteiger partial charge in [-0.25, -0.2) is 0 Å². The molecule has 0 radical (unpaired) electrons. The predicted molar refractivity (Wildman–Crippen MR) is 58.0 cm³/mol. The topological polar surface area (TPSA) is 83.8 Å². The van der Waals surface area contributed by atoms with Crippen molar-refractivity contribution in [2.24, 2.45) is 11.8 Å². The fourth-order valence-corrected chi connectivity index (χ4v) is 2.17. The molecule has 5 heteroatoms. The molecule has 0 heterocycles. The number of benzene rings is 1. The van der Waals surface area contributed by atoms with Crippen molar-refractivity contribution in [2.75, 3.05) is 7.11 Å². The second-order valence-electron chi connectivity index (χ2n) is 4.03. The lowest BCUT2D eigenvalue weighted by Gasteiger charge is -2.01. The van der Waals surface area contributed by atoms with E-state index in [-0.39, 0.29) is 0 Å². The lowest BCUT2D eigenvalue weighted by molar-refractivity contribution is -0.144. The van der Waals surface area contributed by atoms with Gasteiger partial charge in [-0.1, -0.05) is 12.1 Å². The van der Waals surface area contributed by atoms with Crippen LogP contribution in [0.1, 0.15) is 11.5 Å². The van der Waals surface area contributed by atoms with Gasteiger partial charge >= 0.3 is 11.9 Å². The number of carbonyl (C=O) groups is 2. The van der Waals surface area contributed by atoms with Crippen LogP contribution in [0.4, 0.5) is 0 Å². The molecule has 1 aliphatic rings. The molecule has 0 bridgehead atoms. The van der Waals surface area contributed by atoms with Crippen molar-refractivity contribution in [3.8, 4) is 5.75 Å². The summed E-state index contributed by atoms with van der Waals surface area (Å²) in [5, 5.41) is 17.8. The molecule has 1 aromatic rings. The van der Waals surface area contributed by atoms with E-state index in [1.165, 1.54) is 7.11 Å². The first kappa shape index (κ1) is 11.4. The van der Waals surface area contributed by atoms with E-state index < -0.39 is 29.7 Å². The number of carboxylic acid groups (broad SMARTS) is 2. The minimum absolute atomic E-state index is 0.434. The monoisotopic (exact) mass is 236 g/mol. The Balaban J connectivity index is 2.22. The molecule has 3 atom stereocenters. The van der Waals surface area contributed by atoms with Crippen molar-refractivity contribution in [2.45, 2.75) is 5.92 Å². The first-order chi connectivity index (χ1) is 8.06. The van der Waals surface area contributed by atoms with E-state index in [9.17, 15) is 9.59 Å². The van der Waals surface area contributed by atoms with Crippen molar-refractivity contribution in [1.29, 1.82) is 0 Å². The molecule has 5 nitrogen and oxygen atoms in total. The third kappa shape index (κ3) is 1.95. The third-order valence-electron chi connectivity index (χ3n) is 3.09. The Morgan fingerprint density at radius 2 is 1.53 bits per heavy atom.